The van der Waals surface area contributed by atoms with E-state index in [1.807, 2.05) is 24.3 Å². The van der Waals surface area contributed by atoms with Gasteiger partial charge in [-0.05, 0) is 48.9 Å². The Bertz CT molecular complexity index is 592. The molecule has 23 heavy (non-hydrogen) atoms. The van der Waals surface area contributed by atoms with Crippen molar-refractivity contribution in [1.82, 2.24) is 5.32 Å². The first kappa shape index (κ1) is 16.0. The van der Waals surface area contributed by atoms with E-state index in [0.717, 1.165) is 25.1 Å². The maximum Gasteiger partial charge on any atom is 0.120 e. The third-order valence-electron chi connectivity index (χ3n) is 4.51. The highest BCUT2D eigenvalue weighted by atomic mass is 16.5. The van der Waals surface area contributed by atoms with Crippen LogP contribution in [0.3, 0.4) is 0 Å². The van der Waals surface area contributed by atoms with Crippen LogP contribution in [0.2, 0.25) is 0 Å². The van der Waals surface area contributed by atoms with Crippen LogP contribution in [-0.2, 0) is 13.2 Å². The van der Waals surface area contributed by atoms with Gasteiger partial charge in [0.25, 0.3) is 0 Å². The molecule has 3 nitrogen and oxygen atoms in total. The predicted octanol–water partition coefficient (Wildman–Crippen LogP) is 3.63. The van der Waals surface area contributed by atoms with Gasteiger partial charge in [-0.1, -0.05) is 42.5 Å². The van der Waals surface area contributed by atoms with Gasteiger partial charge in [-0.25, -0.2) is 0 Å². The van der Waals surface area contributed by atoms with Gasteiger partial charge in [-0.2, -0.15) is 0 Å². The first-order valence-corrected chi connectivity index (χ1v) is 8.54. The van der Waals surface area contributed by atoms with Crippen LogP contribution >= 0.6 is 0 Å². The third-order valence-corrected chi connectivity index (χ3v) is 4.51. The molecule has 3 N–H and O–H groups in total. The minimum Gasteiger partial charge on any atom is -0.489 e. The summed E-state index contributed by atoms with van der Waals surface area (Å²) >= 11 is 0. The van der Waals surface area contributed by atoms with Gasteiger partial charge in [0.15, 0.2) is 0 Å². The van der Waals surface area contributed by atoms with Gasteiger partial charge in [-0.15, -0.1) is 0 Å². The summed E-state index contributed by atoms with van der Waals surface area (Å²) in [7, 11) is 0. The summed E-state index contributed by atoms with van der Waals surface area (Å²) in [5, 5.41) is 3.65. The molecule has 1 aliphatic rings. The molecule has 3 rings (SSSR count). The van der Waals surface area contributed by atoms with Crippen molar-refractivity contribution >= 4 is 0 Å². The van der Waals surface area contributed by atoms with Crippen molar-refractivity contribution in [2.75, 3.05) is 0 Å². The summed E-state index contributed by atoms with van der Waals surface area (Å²) in [6, 6.07) is 19.6. The lowest BCUT2D eigenvalue weighted by Crippen LogP contribution is -2.37. The average Bonchev–Trinajstić information content (AvgIpc) is 2.61. The lowest BCUT2D eigenvalue weighted by atomic mass is 9.92. The van der Waals surface area contributed by atoms with E-state index in [9.17, 15) is 0 Å². The van der Waals surface area contributed by atoms with Gasteiger partial charge in [0, 0.05) is 18.6 Å². The Hall–Kier alpha value is -1.84. The van der Waals surface area contributed by atoms with Crippen molar-refractivity contribution in [3.63, 3.8) is 0 Å². The highest BCUT2D eigenvalue weighted by Crippen LogP contribution is 2.19. The molecule has 1 fully saturated rings. The van der Waals surface area contributed by atoms with Gasteiger partial charge in [0.1, 0.15) is 12.4 Å². The van der Waals surface area contributed by atoms with E-state index in [4.69, 9.17) is 10.5 Å². The van der Waals surface area contributed by atoms with Crippen molar-refractivity contribution in [3.8, 4) is 5.75 Å². The second-order valence-corrected chi connectivity index (χ2v) is 6.41. The lowest BCUT2D eigenvalue weighted by molar-refractivity contribution is 0.305. The Morgan fingerprint density at radius 1 is 0.913 bits per heavy atom. The first-order valence-electron chi connectivity index (χ1n) is 8.54. The van der Waals surface area contributed by atoms with E-state index in [0.29, 0.717) is 18.7 Å². The molecular weight excluding hydrogens is 284 g/mol. The number of ether oxygens (including phenoxy) is 1. The molecule has 0 saturated heterocycles. The van der Waals surface area contributed by atoms with Crippen molar-refractivity contribution in [1.29, 1.82) is 0 Å². The van der Waals surface area contributed by atoms with Crippen LogP contribution in [0.5, 0.6) is 5.75 Å². The zero-order valence-electron chi connectivity index (χ0n) is 13.6. The number of nitrogens with one attached hydrogen (secondary N) is 1. The number of nitrogens with two attached hydrogens (primary N) is 1. The second-order valence-electron chi connectivity index (χ2n) is 6.41. The zero-order chi connectivity index (χ0) is 15.9. The summed E-state index contributed by atoms with van der Waals surface area (Å²) in [4.78, 5) is 0. The summed E-state index contributed by atoms with van der Waals surface area (Å²) in [5.41, 5.74) is 8.42. The fourth-order valence-electron chi connectivity index (χ4n) is 3.07. The zero-order valence-corrected chi connectivity index (χ0v) is 13.6. The molecule has 0 aromatic heterocycles. The van der Waals surface area contributed by atoms with E-state index < -0.39 is 0 Å². The smallest absolute Gasteiger partial charge is 0.120 e. The van der Waals surface area contributed by atoms with Crippen LogP contribution in [0, 0.1) is 0 Å². The summed E-state index contributed by atoms with van der Waals surface area (Å²) in [6.07, 6.45) is 4.65. The maximum absolute atomic E-state index is 5.96. The highest BCUT2D eigenvalue weighted by molar-refractivity contribution is 5.29. The van der Waals surface area contributed by atoms with Gasteiger partial charge < -0.3 is 15.8 Å². The Labute approximate surface area is 138 Å². The number of rotatable bonds is 6. The Balaban J connectivity index is 1.49. The Kier molecular flexibility index (Phi) is 5.67. The van der Waals surface area contributed by atoms with Gasteiger partial charge >= 0.3 is 0 Å². The SMILES string of the molecule is NC1CCC(NCc2cccc(OCc3ccccc3)c2)CC1. The van der Waals surface area contributed by atoms with Crippen molar-refractivity contribution < 1.29 is 4.74 Å². The molecule has 122 valence electrons. The van der Waals surface area contributed by atoms with E-state index in [-0.39, 0.29) is 0 Å². The summed E-state index contributed by atoms with van der Waals surface area (Å²) < 4.78 is 5.89. The molecule has 0 amide bonds. The van der Waals surface area contributed by atoms with Crippen LogP contribution in [0.1, 0.15) is 36.8 Å². The van der Waals surface area contributed by atoms with Crippen LogP contribution in [0.15, 0.2) is 54.6 Å². The van der Waals surface area contributed by atoms with Crippen LogP contribution in [0.25, 0.3) is 0 Å². The first-order chi connectivity index (χ1) is 11.3. The Morgan fingerprint density at radius 2 is 1.65 bits per heavy atom. The molecule has 2 aromatic rings. The summed E-state index contributed by atoms with van der Waals surface area (Å²) in [6.45, 7) is 1.50. The molecule has 3 heteroatoms. The molecule has 0 spiro atoms. The van der Waals surface area contributed by atoms with Crippen LogP contribution in [-0.4, -0.2) is 12.1 Å². The number of hydrogen-bond acceptors (Lipinski definition) is 3. The minimum atomic E-state index is 0.405. The van der Waals surface area contributed by atoms with E-state index in [2.05, 4.69) is 35.6 Å². The molecule has 0 bridgehead atoms. The fraction of sp³-hybridized carbons (Fsp3) is 0.400. The Morgan fingerprint density at radius 3 is 2.43 bits per heavy atom. The summed E-state index contributed by atoms with van der Waals surface area (Å²) in [5.74, 6) is 0.929. The van der Waals surface area contributed by atoms with Crippen molar-refractivity contribution in [2.24, 2.45) is 5.73 Å². The largest absolute Gasteiger partial charge is 0.489 e. The number of hydrogen-bond donors (Lipinski definition) is 2. The van der Waals surface area contributed by atoms with E-state index in [1.54, 1.807) is 0 Å². The quantitative estimate of drug-likeness (QED) is 0.856. The highest BCUT2D eigenvalue weighted by Gasteiger charge is 2.17. The van der Waals surface area contributed by atoms with Gasteiger partial charge in [0.05, 0.1) is 0 Å². The molecule has 1 saturated carbocycles. The third kappa shape index (κ3) is 5.08. The standard InChI is InChI=1S/C20H26N2O/c21-18-9-11-19(12-10-18)22-14-17-7-4-8-20(13-17)23-15-16-5-2-1-3-6-16/h1-8,13,18-19,22H,9-12,14-15,21H2. The van der Waals surface area contributed by atoms with E-state index in [1.165, 1.54) is 24.0 Å². The fourth-order valence-corrected chi connectivity index (χ4v) is 3.07. The molecule has 2 aromatic carbocycles. The average molecular weight is 310 g/mol. The minimum absolute atomic E-state index is 0.405. The van der Waals surface area contributed by atoms with Gasteiger partial charge in [0.2, 0.25) is 0 Å². The van der Waals surface area contributed by atoms with Crippen LogP contribution in [0.4, 0.5) is 0 Å². The van der Waals surface area contributed by atoms with Gasteiger partial charge in [-0.3, -0.25) is 0 Å². The lowest BCUT2D eigenvalue weighted by Gasteiger charge is -2.27. The number of benzene rings is 2. The molecule has 0 unspecified atom stereocenters. The van der Waals surface area contributed by atoms with Crippen molar-refractivity contribution in [2.45, 2.75) is 50.9 Å². The molecule has 0 heterocycles. The van der Waals surface area contributed by atoms with Crippen molar-refractivity contribution in [3.05, 3.63) is 65.7 Å². The molecule has 0 radical (unpaired) electrons. The molecular formula is C20H26N2O. The molecule has 0 atom stereocenters. The molecule has 1 aliphatic carbocycles. The maximum atomic E-state index is 5.96. The second kappa shape index (κ2) is 8.14. The monoisotopic (exact) mass is 310 g/mol. The predicted molar refractivity (Wildman–Crippen MR) is 94.3 cm³/mol. The van der Waals surface area contributed by atoms with E-state index >= 15 is 0 Å². The molecule has 0 aliphatic heterocycles. The normalized spacial score (nSPS) is 21.1. The topological polar surface area (TPSA) is 47.3 Å². The van der Waals surface area contributed by atoms with Crippen LogP contribution < -0.4 is 15.8 Å².